The fourth-order valence-electron chi connectivity index (χ4n) is 4.07. The number of nitrogens with zero attached hydrogens (tertiary/aromatic N) is 4. The van der Waals surface area contributed by atoms with Gasteiger partial charge in [-0.3, -0.25) is 29.8 Å². The SMILES string of the molecule is CC[C@H](C)N(C(=O)c1cccc([N+](=O)[O-])c1)c1ccc(N(C(=O)c2cccc([N+](=O)[O-])c2)[C@@H](C)CC)cc1. The van der Waals surface area contributed by atoms with Crippen LogP contribution in [0.25, 0.3) is 0 Å². The van der Waals surface area contributed by atoms with Crippen molar-refractivity contribution in [1.82, 2.24) is 0 Å². The standard InChI is InChI=1S/C28H30N4O6/c1-5-19(3)29(27(33)21-9-7-11-25(17-21)31(35)36)23-13-15-24(16-14-23)30(20(4)6-2)28(34)22-10-8-12-26(18-22)32(37)38/h7-20H,5-6H2,1-4H3/t19-,20-/m0/s1. The summed E-state index contributed by atoms with van der Waals surface area (Å²) in [4.78, 5) is 51.4. The minimum absolute atomic E-state index is 0.167. The van der Waals surface area contributed by atoms with Crippen molar-refractivity contribution >= 4 is 34.6 Å². The first-order valence-electron chi connectivity index (χ1n) is 12.3. The molecule has 0 spiro atoms. The molecule has 0 saturated heterocycles. The predicted octanol–water partition coefficient (Wildman–Crippen LogP) is 6.39. The molecule has 3 aromatic rings. The van der Waals surface area contributed by atoms with E-state index in [0.29, 0.717) is 24.2 Å². The van der Waals surface area contributed by atoms with Gasteiger partial charge in [-0.05, 0) is 63.1 Å². The van der Waals surface area contributed by atoms with Crippen LogP contribution in [0.3, 0.4) is 0 Å². The Morgan fingerprint density at radius 2 is 1.03 bits per heavy atom. The number of non-ortho nitro benzene ring substituents is 2. The molecule has 0 aliphatic heterocycles. The summed E-state index contributed by atoms with van der Waals surface area (Å²) in [5, 5.41) is 22.4. The van der Waals surface area contributed by atoms with Gasteiger partial charge in [0, 0.05) is 58.9 Å². The monoisotopic (exact) mass is 518 g/mol. The molecule has 10 nitrogen and oxygen atoms in total. The third kappa shape index (κ3) is 6.03. The van der Waals surface area contributed by atoms with Crippen LogP contribution in [0.2, 0.25) is 0 Å². The summed E-state index contributed by atoms with van der Waals surface area (Å²) in [6.07, 6.45) is 1.29. The number of amides is 2. The smallest absolute Gasteiger partial charge is 0.270 e. The van der Waals surface area contributed by atoms with E-state index in [1.807, 2.05) is 27.7 Å². The summed E-state index contributed by atoms with van der Waals surface area (Å²) in [5.41, 5.74) is 1.22. The number of benzene rings is 3. The van der Waals surface area contributed by atoms with Crippen LogP contribution in [0.15, 0.2) is 72.8 Å². The van der Waals surface area contributed by atoms with Crippen LogP contribution in [-0.4, -0.2) is 33.7 Å². The topological polar surface area (TPSA) is 127 Å². The van der Waals surface area contributed by atoms with E-state index >= 15 is 0 Å². The zero-order chi connectivity index (χ0) is 28.0. The summed E-state index contributed by atoms with van der Waals surface area (Å²) in [7, 11) is 0. The second-order valence-corrected chi connectivity index (χ2v) is 9.00. The van der Waals surface area contributed by atoms with Gasteiger partial charge in [-0.25, -0.2) is 0 Å². The van der Waals surface area contributed by atoms with E-state index in [-0.39, 0.29) is 46.4 Å². The second-order valence-electron chi connectivity index (χ2n) is 9.00. The van der Waals surface area contributed by atoms with E-state index in [4.69, 9.17) is 0 Å². The molecule has 0 radical (unpaired) electrons. The predicted molar refractivity (Wildman–Crippen MR) is 146 cm³/mol. The molecule has 38 heavy (non-hydrogen) atoms. The Bertz CT molecular complexity index is 1240. The van der Waals surface area contributed by atoms with E-state index in [2.05, 4.69) is 0 Å². The highest BCUT2D eigenvalue weighted by Gasteiger charge is 2.26. The highest BCUT2D eigenvalue weighted by molar-refractivity contribution is 6.08. The normalized spacial score (nSPS) is 12.3. The maximum Gasteiger partial charge on any atom is 0.270 e. The van der Waals surface area contributed by atoms with Crippen molar-refractivity contribution in [3.8, 4) is 0 Å². The number of hydrogen-bond donors (Lipinski definition) is 0. The molecule has 3 rings (SSSR count). The molecule has 0 aliphatic rings. The maximum absolute atomic E-state index is 13.5. The van der Waals surface area contributed by atoms with Gasteiger partial charge in [0.15, 0.2) is 0 Å². The van der Waals surface area contributed by atoms with Crippen LogP contribution < -0.4 is 9.80 Å². The van der Waals surface area contributed by atoms with E-state index < -0.39 is 9.85 Å². The minimum atomic E-state index is -0.541. The first-order chi connectivity index (χ1) is 18.1. The summed E-state index contributed by atoms with van der Waals surface area (Å²) in [6.45, 7) is 7.66. The Labute approximate surface area is 220 Å². The average molecular weight is 519 g/mol. The van der Waals surface area contributed by atoms with Gasteiger partial charge in [-0.15, -0.1) is 0 Å². The van der Waals surface area contributed by atoms with Gasteiger partial charge in [0.1, 0.15) is 0 Å². The van der Waals surface area contributed by atoms with Gasteiger partial charge >= 0.3 is 0 Å². The van der Waals surface area contributed by atoms with Crippen molar-refractivity contribution in [3.63, 3.8) is 0 Å². The fourth-order valence-corrected chi connectivity index (χ4v) is 4.07. The lowest BCUT2D eigenvalue weighted by Crippen LogP contribution is -2.39. The van der Waals surface area contributed by atoms with Gasteiger partial charge in [-0.2, -0.15) is 0 Å². The lowest BCUT2D eigenvalue weighted by Gasteiger charge is -2.31. The Hall–Kier alpha value is -4.60. The summed E-state index contributed by atoms with van der Waals surface area (Å²) in [5.74, 6) is -0.746. The Morgan fingerprint density at radius 3 is 1.32 bits per heavy atom. The maximum atomic E-state index is 13.5. The molecule has 0 saturated carbocycles. The fraction of sp³-hybridized carbons (Fsp3) is 0.286. The number of rotatable bonds is 10. The largest absolute Gasteiger partial charge is 0.306 e. The molecule has 0 heterocycles. The van der Waals surface area contributed by atoms with Crippen LogP contribution in [0.4, 0.5) is 22.7 Å². The second kappa shape index (κ2) is 12.1. The molecular formula is C28H30N4O6. The van der Waals surface area contributed by atoms with Crippen LogP contribution in [0.5, 0.6) is 0 Å². The number of anilines is 2. The molecule has 2 amide bonds. The van der Waals surface area contributed by atoms with Crippen molar-refractivity contribution in [2.24, 2.45) is 0 Å². The minimum Gasteiger partial charge on any atom is -0.306 e. The molecule has 198 valence electrons. The van der Waals surface area contributed by atoms with Gasteiger partial charge in [0.05, 0.1) is 9.85 Å². The molecule has 0 aromatic heterocycles. The highest BCUT2D eigenvalue weighted by atomic mass is 16.6. The number of hydrogen-bond acceptors (Lipinski definition) is 6. The van der Waals surface area contributed by atoms with Crippen LogP contribution in [0.1, 0.15) is 61.3 Å². The summed E-state index contributed by atoms with van der Waals surface area (Å²) < 4.78 is 0. The lowest BCUT2D eigenvalue weighted by atomic mass is 10.1. The quantitative estimate of drug-likeness (QED) is 0.226. The van der Waals surface area contributed by atoms with E-state index in [1.54, 1.807) is 46.2 Å². The van der Waals surface area contributed by atoms with Crippen molar-refractivity contribution < 1.29 is 19.4 Å². The number of carbonyl (C=O) groups excluding carboxylic acids is 2. The molecule has 2 atom stereocenters. The van der Waals surface area contributed by atoms with Crippen LogP contribution in [0, 0.1) is 20.2 Å². The van der Waals surface area contributed by atoms with Gasteiger partial charge in [0.25, 0.3) is 23.2 Å². The van der Waals surface area contributed by atoms with Crippen molar-refractivity contribution in [3.05, 3.63) is 104 Å². The van der Waals surface area contributed by atoms with Crippen molar-refractivity contribution in [2.45, 2.75) is 52.6 Å². The van der Waals surface area contributed by atoms with E-state index in [9.17, 15) is 29.8 Å². The lowest BCUT2D eigenvalue weighted by molar-refractivity contribution is -0.385. The van der Waals surface area contributed by atoms with Crippen molar-refractivity contribution in [2.75, 3.05) is 9.80 Å². The molecule has 10 heteroatoms. The molecule has 3 aromatic carbocycles. The Balaban J connectivity index is 1.99. The zero-order valence-corrected chi connectivity index (χ0v) is 21.7. The van der Waals surface area contributed by atoms with Crippen molar-refractivity contribution in [1.29, 1.82) is 0 Å². The Morgan fingerprint density at radius 1 is 0.684 bits per heavy atom. The molecule has 0 aliphatic carbocycles. The van der Waals surface area contributed by atoms with Crippen LogP contribution in [-0.2, 0) is 0 Å². The molecule has 0 unspecified atom stereocenters. The highest BCUT2D eigenvalue weighted by Crippen LogP contribution is 2.29. The van der Waals surface area contributed by atoms with Gasteiger partial charge < -0.3 is 9.80 Å². The molecular weight excluding hydrogens is 488 g/mol. The molecule has 0 N–H and O–H groups in total. The average Bonchev–Trinajstić information content (AvgIpc) is 2.93. The number of carbonyl (C=O) groups is 2. The third-order valence-corrected chi connectivity index (χ3v) is 6.51. The third-order valence-electron chi connectivity index (χ3n) is 6.51. The first kappa shape index (κ1) is 28.0. The van der Waals surface area contributed by atoms with Gasteiger partial charge in [0.2, 0.25) is 0 Å². The Kier molecular flexibility index (Phi) is 8.90. The summed E-state index contributed by atoms with van der Waals surface area (Å²) >= 11 is 0. The molecule has 0 bridgehead atoms. The van der Waals surface area contributed by atoms with E-state index in [1.165, 1.54) is 36.4 Å². The van der Waals surface area contributed by atoms with Crippen LogP contribution >= 0.6 is 0 Å². The molecule has 0 fully saturated rings. The summed E-state index contributed by atoms with van der Waals surface area (Å²) in [6, 6.07) is 17.7. The van der Waals surface area contributed by atoms with Gasteiger partial charge in [-0.1, -0.05) is 26.0 Å². The number of nitro groups is 2. The van der Waals surface area contributed by atoms with E-state index in [0.717, 1.165) is 0 Å². The first-order valence-corrected chi connectivity index (χ1v) is 12.3. The number of nitro benzene ring substituents is 2. The zero-order valence-electron chi connectivity index (χ0n) is 21.7.